The van der Waals surface area contributed by atoms with E-state index in [9.17, 15) is 8.42 Å². The molecule has 0 bridgehead atoms. The van der Waals surface area contributed by atoms with Gasteiger partial charge in [0.25, 0.3) is 0 Å². The summed E-state index contributed by atoms with van der Waals surface area (Å²) in [5.74, 6) is 0.692. The van der Waals surface area contributed by atoms with Crippen molar-refractivity contribution in [3.63, 3.8) is 0 Å². The van der Waals surface area contributed by atoms with E-state index in [4.69, 9.17) is 0 Å². The van der Waals surface area contributed by atoms with Gasteiger partial charge in [-0.3, -0.25) is 4.99 Å². The van der Waals surface area contributed by atoms with Gasteiger partial charge in [0.1, 0.15) is 12.0 Å². The van der Waals surface area contributed by atoms with E-state index in [-0.39, 0.29) is 5.75 Å². The highest BCUT2D eigenvalue weighted by Crippen LogP contribution is 2.12. The first-order chi connectivity index (χ1) is 10.1. The van der Waals surface area contributed by atoms with Crippen molar-refractivity contribution in [2.24, 2.45) is 4.99 Å². The second-order valence-electron chi connectivity index (χ2n) is 4.71. The topological polar surface area (TPSA) is 91.0 Å². The molecule has 0 aliphatic carbocycles. The lowest BCUT2D eigenvalue weighted by Gasteiger charge is -2.35. The van der Waals surface area contributed by atoms with Crippen molar-refractivity contribution in [2.75, 3.05) is 39.8 Å². The van der Waals surface area contributed by atoms with E-state index in [1.54, 1.807) is 13.1 Å². The van der Waals surface area contributed by atoms with Crippen LogP contribution in [0.2, 0.25) is 0 Å². The quantitative estimate of drug-likeness (QED) is 0.607. The van der Waals surface area contributed by atoms with Crippen LogP contribution >= 0.6 is 0 Å². The molecule has 8 nitrogen and oxygen atoms in total. The van der Waals surface area contributed by atoms with Crippen LogP contribution in [-0.4, -0.2) is 68.5 Å². The normalized spacial score (nSPS) is 18.0. The molecule has 2 rings (SSSR count). The highest BCUT2D eigenvalue weighted by molar-refractivity contribution is 7.88. The minimum atomic E-state index is -3.35. The van der Waals surface area contributed by atoms with Crippen LogP contribution in [0.1, 0.15) is 12.6 Å². The molecule has 1 aromatic rings. The number of sulfonamides is 1. The number of hydrogen-bond acceptors (Lipinski definition) is 5. The summed E-state index contributed by atoms with van der Waals surface area (Å²) >= 11 is 0. The molecule has 21 heavy (non-hydrogen) atoms. The summed E-state index contributed by atoms with van der Waals surface area (Å²) in [5.41, 5.74) is 0.431. The van der Waals surface area contributed by atoms with Crippen LogP contribution < -0.4 is 5.32 Å². The highest BCUT2D eigenvalue weighted by Gasteiger charge is 2.28. The van der Waals surface area contributed by atoms with Crippen molar-refractivity contribution in [1.29, 1.82) is 0 Å². The molecule has 1 N–H and O–H groups in total. The van der Waals surface area contributed by atoms with Crippen LogP contribution in [-0.2, 0) is 15.8 Å². The molecule has 0 atom stereocenters. The largest absolute Gasteiger partial charge is 0.364 e. The Hall–Kier alpha value is -1.61. The lowest BCUT2D eigenvalue weighted by atomic mass is 10.4. The summed E-state index contributed by atoms with van der Waals surface area (Å²) in [6.07, 6.45) is 1.38. The van der Waals surface area contributed by atoms with E-state index in [1.165, 1.54) is 10.6 Å². The highest BCUT2D eigenvalue weighted by atomic mass is 32.2. The Bertz CT molecular complexity index is 562. The smallest absolute Gasteiger partial charge is 0.220 e. The zero-order valence-electron chi connectivity index (χ0n) is 12.3. The maximum atomic E-state index is 12.3. The van der Waals surface area contributed by atoms with Crippen molar-refractivity contribution in [3.05, 3.63) is 18.0 Å². The van der Waals surface area contributed by atoms with Crippen LogP contribution in [0.15, 0.2) is 21.8 Å². The fraction of sp³-hybridized carbons (Fsp3) is 0.667. The Morgan fingerprint density at radius 3 is 2.67 bits per heavy atom. The molecule has 1 aliphatic rings. The van der Waals surface area contributed by atoms with E-state index in [0.29, 0.717) is 31.9 Å². The first kappa shape index (κ1) is 15.8. The van der Waals surface area contributed by atoms with Gasteiger partial charge in [0.15, 0.2) is 5.96 Å². The molecule has 0 saturated carbocycles. The average Bonchev–Trinajstić information content (AvgIpc) is 2.97. The predicted octanol–water partition coefficient (Wildman–Crippen LogP) is -0.283. The number of piperazine rings is 1. The summed E-state index contributed by atoms with van der Waals surface area (Å²) in [5, 5.41) is 6.83. The molecule has 0 spiro atoms. The molecule has 0 amide bonds. The van der Waals surface area contributed by atoms with E-state index >= 15 is 0 Å². The van der Waals surface area contributed by atoms with E-state index < -0.39 is 10.0 Å². The third-order valence-corrected chi connectivity index (χ3v) is 5.11. The monoisotopic (exact) mass is 315 g/mol. The van der Waals surface area contributed by atoms with Gasteiger partial charge in [-0.25, -0.2) is 8.42 Å². The molecule has 0 unspecified atom stereocenters. The minimum Gasteiger partial charge on any atom is -0.364 e. The maximum Gasteiger partial charge on any atom is 0.220 e. The molecular formula is C12H21N5O3S. The second kappa shape index (κ2) is 6.90. The number of nitrogens with one attached hydrogen (secondary N) is 1. The summed E-state index contributed by atoms with van der Waals surface area (Å²) in [7, 11) is -1.62. The molecular weight excluding hydrogens is 294 g/mol. The number of nitrogens with zero attached hydrogens (tertiary/aromatic N) is 4. The molecule has 0 aromatic carbocycles. The van der Waals surface area contributed by atoms with Gasteiger partial charge in [0.05, 0.1) is 5.69 Å². The molecule has 9 heteroatoms. The molecule has 1 aliphatic heterocycles. The van der Waals surface area contributed by atoms with Crippen LogP contribution in [0.25, 0.3) is 0 Å². The SMILES string of the molecule is CCNC(=NC)N1CCN(S(=O)(=O)Cc2ccon2)CC1. The van der Waals surface area contributed by atoms with Gasteiger partial charge >= 0.3 is 0 Å². The average molecular weight is 315 g/mol. The Labute approximate surface area is 124 Å². The van der Waals surface area contributed by atoms with Gasteiger partial charge < -0.3 is 14.7 Å². The lowest BCUT2D eigenvalue weighted by molar-refractivity contribution is 0.260. The maximum absolute atomic E-state index is 12.3. The first-order valence-corrected chi connectivity index (χ1v) is 8.50. The predicted molar refractivity (Wildman–Crippen MR) is 79.3 cm³/mol. The van der Waals surface area contributed by atoms with Crippen LogP contribution in [0.4, 0.5) is 0 Å². The third-order valence-electron chi connectivity index (χ3n) is 3.30. The van der Waals surface area contributed by atoms with Crippen molar-refractivity contribution < 1.29 is 12.9 Å². The van der Waals surface area contributed by atoms with Gasteiger partial charge in [-0.05, 0) is 6.92 Å². The summed E-state index contributed by atoms with van der Waals surface area (Å²) in [4.78, 5) is 6.25. The lowest BCUT2D eigenvalue weighted by Crippen LogP contribution is -2.53. The number of hydrogen-bond donors (Lipinski definition) is 1. The summed E-state index contributed by atoms with van der Waals surface area (Å²) in [6.45, 7) is 4.94. The van der Waals surface area contributed by atoms with Gasteiger partial charge in [-0.1, -0.05) is 5.16 Å². The molecule has 0 radical (unpaired) electrons. The van der Waals surface area contributed by atoms with Gasteiger partial charge in [-0.15, -0.1) is 0 Å². The Morgan fingerprint density at radius 1 is 1.43 bits per heavy atom. The Kier molecular flexibility index (Phi) is 5.18. The van der Waals surface area contributed by atoms with Crippen LogP contribution in [0.5, 0.6) is 0 Å². The zero-order chi connectivity index (χ0) is 15.3. The molecule has 1 aromatic heterocycles. The zero-order valence-corrected chi connectivity index (χ0v) is 13.1. The molecule has 2 heterocycles. The van der Waals surface area contributed by atoms with Crippen molar-refractivity contribution in [3.8, 4) is 0 Å². The Balaban J connectivity index is 1.94. The molecule has 118 valence electrons. The number of aliphatic imine (C=N–C) groups is 1. The number of guanidine groups is 1. The first-order valence-electron chi connectivity index (χ1n) is 6.89. The van der Waals surface area contributed by atoms with Gasteiger partial charge in [0, 0.05) is 45.8 Å². The van der Waals surface area contributed by atoms with E-state index in [2.05, 4.69) is 24.9 Å². The van der Waals surface area contributed by atoms with Gasteiger partial charge in [0.2, 0.25) is 10.0 Å². The summed E-state index contributed by atoms with van der Waals surface area (Å²) < 4.78 is 30.8. The van der Waals surface area contributed by atoms with E-state index in [1.807, 2.05) is 6.92 Å². The second-order valence-corrected chi connectivity index (χ2v) is 6.68. The minimum absolute atomic E-state index is 0.120. The summed E-state index contributed by atoms with van der Waals surface area (Å²) in [6, 6.07) is 1.57. The van der Waals surface area contributed by atoms with E-state index in [0.717, 1.165) is 12.5 Å². The van der Waals surface area contributed by atoms with Crippen LogP contribution in [0, 0.1) is 0 Å². The molecule has 1 fully saturated rings. The molecule has 1 saturated heterocycles. The Morgan fingerprint density at radius 2 is 2.14 bits per heavy atom. The van der Waals surface area contributed by atoms with Crippen LogP contribution in [0.3, 0.4) is 0 Å². The van der Waals surface area contributed by atoms with Crippen molar-refractivity contribution in [1.82, 2.24) is 19.7 Å². The van der Waals surface area contributed by atoms with Gasteiger partial charge in [-0.2, -0.15) is 4.31 Å². The third kappa shape index (κ3) is 3.94. The van der Waals surface area contributed by atoms with Crippen molar-refractivity contribution >= 4 is 16.0 Å². The fourth-order valence-corrected chi connectivity index (χ4v) is 3.68. The fourth-order valence-electron chi connectivity index (χ4n) is 2.26. The number of rotatable bonds is 4. The van der Waals surface area contributed by atoms with Crippen molar-refractivity contribution in [2.45, 2.75) is 12.7 Å². The number of aromatic nitrogens is 1. The standard InChI is InChI=1S/C12H21N5O3S/c1-3-14-12(13-2)16-5-7-17(8-6-16)21(18,19)10-11-4-9-20-15-11/h4,9H,3,5-8,10H2,1-2H3,(H,13,14).